The summed E-state index contributed by atoms with van der Waals surface area (Å²) in [4.78, 5) is 31.1. The lowest BCUT2D eigenvalue weighted by Crippen LogP contribution is -2.38. The highest BCUT2D eigenvalue weighted by atomic mass is 32.1. The zero-order valence-electron chi connectivity index (χ0n) is 13.6. The number of nitrogens with one attached hydrogen (secondary N) is 3. The number of allylic oxidation sites excluding steroid dienone is 2. The number of carbonyl (C=O) groups is 1. The standard InChI is InChI=1S/C18H17N3O3S/c1-24-12-8-3-2-5-9(12)13-14-10(6-4-7-11(14)22)19-16-15(13)17(23)21-18(25)20-16/h2-3,5-6,8,13-14H,4,7H2,1H3,(H3,19,20,21,23,25)/t13-,14-/m1/s1. The van der Waals surface area contributed by atoms with Gasteiger partial charge >= 0.3 is 0 Å². The number of aromatic nitrogens is 2. The highest BCUT2D eigenvalue weighted by molar-refractivity contribution is 7.71. The summed E-state index contributed by atoms with van der Waals surface area (Å²) in [6.07, 6.45) is 3.18. The van der Waals surface area contributed by atoms with E-state index in [1.54, 1.807) is 7.11 Å². The maximum absolute atomic E-state index is 12.7. The lowest BCUT2D eigenvalue weighted by Gasteiger charge is -2.37. The zero-order chi connectivity index (χ0) is 17.6. The Morgan fingerprint density at radius 3 is 2.76 bits per heavy atom. The van der Waals surface area contributed by atoms with Crippen molar-refractivity contribution in [2.75, 3.05) is 12.4 Å². The summed E-state index contributed by atoms with van der Waals surface area (Å²) in [6, 6.07) is 7.49. The third-order valence-corrected chi connectivity index (χ3v) is 5.01. The Kier molecular flexibility index (Phi) is 3.80. The average Bonchev–Trinajstić information content (AvgIpc) is 2.60. The molecule has 2 heterocycles. The molecule has 7 heteroatoms. The van der Waals surface area contributed by atoms with Crippen LogP contribution >= 0.6 is 12.2 Å². The summed E-state index contributed by atoms with van der Waals surface area (Å²) in [6.45, 7) is 0. The van der Waals surface area contributed by atoms with Gasteiger partial charge in [0.2, 0.25) is 0 Å². The van der Waals surface area contributed by atoms with Gasteiger partial charge in [-0.05, 0) is 24.7 Å². The molecule has 2 aromatic rings. The minimum absolute atomic E-state index is 0.119. The quantitative estimate of drug-likeness (QED) is 0.721. The highest BCUT2D eigenvalue weighted by Gasteiger charge is 2.42. The van der Waals surface area contributed by atoms with Gasteiger partial charge in [-0.2, -0.15) is 0 Å². The Balaban J connectivity index is 2.04. The Labute approximate surface area is 148 Å². The molecule has 0 saturated heterocycles. The number of ketones is 1. The molecule has 1 aromatic carbocycles. The van der Waals surface area contributed by atoms with Gasteiger partial charge in [-0.1, -0.05) is 24.3 Å². The number of methoxy groups -OCH3 is 1. The van der Waals surface area contributed by atoms with E-state index in [1.807, 2.05) is 30.3 Å². The largest absolute Gasteiger partial charge is 0.496 e. The third kappa shape index (κ3) is 2.51. The molecule has 0 saturated carbocycles. The van der Waals surface area contributed by atoms with Gasteiger partial charge in [-0.25, -0.2) is 0 Å². The van der Waals surface area contributed by atoms with E-state index in [4.69, 9.17) is 17.0 Å². The van der Waals surface area contributed by atoms with Crippen molar-refractivity contribution in [1.29, 1.82) is 0 Å². The smallest absolute Gasteiger partial charge is 0.257 e. The van der Waals surface area contributed by atoms with Gasteiger partial charge in [0.1, 0.15) is 17.4 Å². The van der Waals surface area contributed by atoms with E-state index < -0.39 is 11.8 Å². The normalized spacial score (nSPS) is 21.6. The summed E-state index contributed by atoms with van der Waals surface area (Å²) in [7, 11) is 1.59. The van der Waals surface area contributed by atoms with E-state index in [2.05, 4.69) is 15.3 Å². The number of para-hydroxylation sites is 1. The first-order valence-corrected chi connectivity index (χ1v) is 8.50. The number of hydrogen-bond acceptors (Lipinski definition) is 5. The van der Waals surface area contributed by atoms with Gasteiger partial charge in [0.15, 0.2) is 4.77 Å². The molecule has 2 atom stereocenters. The molecule has 0 unspecified atom stereocenters. The van der Waals surface area contributed by atoms with Crippen molar-refractivity contribution in [3.8, 4) is 5.75 Å². The minimum atomic E-state index is -0.429. The predicted molar refractivity (Wildman–Crippen MR) is 96.5 cm³/mol. The lowest BCUT2D eigenvalue weighted by molar-refractivity contribution is -0.122. The molecule has 0 fully saturated rings. The predicted octanol–water partition coefficient (Wildman–Crippen LogP) is 2.86. The number of benzene rings is 1. The number of hydrogen-bond donors (Lipinski definition) is 3. The van der Waals surface area contributed by atoms with Crippen molar-refractivity contribution in [1.82, 2.24) is 9.97 Å². The number of ether oxygens (including phenoxy) is 1. The molecular formula is C18H17N3O3S. The summed E-state index contributed by atoms with van der Waals surface area (Å²) in [5, 5.41) is 3.21. The van der Waals surface area contributed by atoms with Crippen LogP contribution in [0.2, 0.25) is 0 Å². The molecule has 3 N–H and O–H groups in total. The van der Waals surface area contributed by atoms with Crippen LogP contribution in [-0.4, -0.2) is 22.9 Å². The summed E-state index contributed by atoms with van der Waals surface area (Å²) < 4.78 is 5.74. The molecule has 128 valence electrons. The maximum atomic E-state index is 12.7. The van der Waals surface area contributed by atoms with Gasteiger partial charge < -0.3 is 15.0 Å². The number of fused-ring (bicyclic) bond motifs is 2. The topological polar surface area (TPSA) is 87.0 Å². The van der Waals surface area contributed by atoms with Crippen molar-refractivity contribution in [3.63, 3.8) is 0 Å². The van der Waals surface area contributed by atoms with Crippen LogP contribution in [0.5, 0.6) is 5.75 Å². The van der Waals surface area contributed by atoms with Crippen LogP contribution in [0.1, 0.15) is 29.9 Å². The molecule has 6 nitrogen and oxygen atoms in total. The first kappa shape index (κ1) is 15.8. The number of rotatable bonds is 2. The van der Waals surface area contributed by atoms with Crippen molar-refractivity contribution in [3.05, 3.63) is 62.3 Å². The summed E-state index contributed by atoms with van der Waals surface area (Å²) >= 11 is 5.10. The molecule has 1 aliphatic carbocycles. The Hall–Kier alpha value is -2.67. The fraction of sp³-hybridized carbons (Fsp3) is 0.278. The van der Waals surface area contributed by atoms with Crippen LogP contribution in [0.3, 0.4) is 0 Å². The van der Waals surface area contributed by atoms with Gasteiger partial charge in [0.25, 0.3) is 5.56 Å². The van der Waals surface area contributed by atoms with Gasteiger partial charge in [0.05, 0.1) is 18.6 Å². The average molecular weight is 355 g/mol. The van der Waals surface area contributed by atoms with E-state index >= 15 is 0 Å². The SMILES string of the molecule is COc1ccccc1[C@H]1c2c([nH]c(=S)[nH]c2=O)NC2=CCCC(=O)[C@@H]21. The van der Waals surface area contributed by atoms with E-state index in [0.29, 0.717) is 30.0 Å². The lowest BCUT2D eigenvalue weighted by atomic mass is 9.72. The van der Waals surface area contributed by atoms with Crippen LogP contribution in [0, 0.1) is 10.7 Å². The van der Waals surface area contributed by atoms with Crippen LogP contribution in [0.25, 0.3) is 0 Å². The number of H-pyrrole nitrogens is 2. The fourth-order valence-electron chi connectivity index (χ4n) is 3.78. The van der Waals surface area contributed by atoms with Crippen LogP contribution in [0.4, 0.5) is 5.82 Å². The van der Waals surface area contributed by atoms with Crippen molar-refractivity contribution >= 4 is 23.8 Å². The third-order valence-electron chi connectivity index (χ3n) is 4.80. The Morgan fingerprint density at radius 2 is 1.96 bits per heavy atom. The van der Waals surface area contributed by atoms with Crippen LogP contribution < -0.4 is 15.6 Å². The number of Topliss-reactive ketones (excluding diaryl/α,β-unsaturated/α-hetero) is 1. The van der Waals surface area contributed by atoms with Crippen molar-refractivity contribution in [2.45, 2.75) is 18.8 Å². The second kappa shape index (κ2) is 6.00. The molecule has 0 spiro atoms. The molecule has 2 aliphatic rings. The molecule has 0 bridgehead atoms. The van der Waals surface area contributed by atoms with Gasteiger partial charge in [0, 0.05) is 23.6 Å². The Morgan fingerprint density at radius 1 is 1.16 bits per heavy atom. The second-order valence-electron chi connectivity index (χ2n) is 6.18. The molecule has 0 radical (unpaired) electrons. The first-order valence-electron chi connectivity index (χ1n) is 8.09. The van der Waals surface area contributed by atoms with E-state index in [9.17, 15) is 9.59 Å². The summed E-state index contributed by atoms with van der Waals surface area (Å²) in [5.41, 5.74) is 1.82. The molecular weight excluding hydrogens is 338 g/mol. The molecule has 0 amide bonds. The number of aromatic amines is 2. The minimum Gasteiger partial charge on any atom is -0.496 e. The maximum Gasteiger partial charge on any atom is 0.257 e. The van der Waals surface area contributed by atoms with Crippen LogP contribution in [-0.2, 0) is 4.79 Å². The molecule has 1 aromatic heterocycles. The monoisotopic (exact) mass is 355 g/mol. The molecule has 1 aliphatic heterocycles. The zero-order valence-corrected chi connectivity index (χ0v) is 14.4. The summed E-state index contributed by atoms with van der Waals surface area (Å²) in [5.74, 6) is 0.459. The van der Waals surface area contributed by atoms with E-state index in [1.165, 1.54) is 0 Å². The molecule has 25 heavy (non-hydrogen) atoms. The van der Waals surface area contributed by atoms with Gasteiger partial charge in [-0.3, -0.25) is 14.6 Å². The highest BCUT2D eigenvalue weighted by Crippen LogP contribution is 2.46. The van der Waals surface area contributed by atoms with Crippen molar-refractivity contribution < 1.29 is 9.53 Å². The Bertz CT molecular complexity index is 1010. The van der Waals surface area contributed by atoms with Gasteiger partial charge in [-0.15, -0.1) is 0 Å². The molecule has 4 rings (SSSR count). The fourth-order valence-corrected chi connectivity index (χ4v) is 3.98. The first-order chi connectivity index (χ1) is 12.1. The van der Waals surface area contributed by atoms with Crippen LogP contribution in [0.15, 0.2) is 40.8 Å². The van der Waals surface area contributed by atoms with E-state index in [0.717, 1.165) is 11.3 Å². The number of anilines is 1. The van der Waals surface area contributed by atoms with E-state index in [-0.39, 0.29) is 16.1 Å². The second-order valence-corrected chi connectivity index (χ2v) is 6.59. The number of carbonyl (C=O) groups excluding carboxylic acids is 1. The van der Waals surface area contributed by atoms with Crippen molar-refractivity contribution in [2.24, 2.45) is 5.92 Å².